The number of aliphatic hydroxyl groups excluding tert-OH is 1. The van der Waals surface area contributed by atoms with Crippen LogP contribution in [0.2, 0.25) is 0 Å². The van der Waals surface area contributed by atoms with Gasteiger partial charge in [0.25, 0.3) is 0 Å². The fourth-order valence-electron chi connectivity index (χ4n) is 1.22. The van der Waals surface area contributed by atoms with Crippen molar-refractivity contribution in [3.05, 3.63) is 24.3 Å². The number of hydrogen-bond donors (Lipinski definition) is 1. The summed E-state index contributed by atoms with van der Waals surface area (Å²) in [6.07, 6.45) is -0.372. The molecule has 0 aliphatic carbocycles. The van der Waals surface area contributed by atoms with Gasteiger partial charge in [-0.05, 0) is 13.8 Å². The van der Waals surface area contributed by atoms with Gasteiger partial charge in [-0.25, -0.2) is 9.59 Å². The van der Waals surface area contributed by atoms with Crippen LogP contribution >= 0.6 is 0 Å². The SMILES string of the molecule is C=C(C)C(=O)OC(CO)COC(CCC)OC(=O)C(=C)C. The Morgan fingerprint density at radius 1 is 1.10 bits per heavy atom. The Morgan fingerprint density at radius 3 is 2.05 bits per heavy atom. The van der Waals surface area contributed by atoms with Gasteiger partial charge in [0.05, 0.1) is 13.2 Å². The molecule has 0 rings (SSSR count). The molecular weight excluding hydrogens is 276 g/mol. The van der Waals surface area contributed by atoms with Gasteiger partial charge in [-0.3, -0.25) is 0 Å². The quantitative estimate of drug-likeness (QED) is 0.376. The minimum Gasteiger partial charge on any atom is -0.454 e. The van der Waals surface area contributed by atoms with Crippen molar-refractivity contribution >= 4 is 11.9 Å². The van der Waals surface area contributed by atoms with Crippen molar-refractivity contribution < 1.29 is 28.9 Å². The average molecular weight is 300 g/mol. The lowest BCUT2D eigenvalue weighted by atomic mass is 10.3. The van der Waals surface area contributed by atoms with E-state index in [9.17, 15) is 9.59 Å². The third-order valence-corrected chi connectivity index (χ3v) is 2.41. The molecule has 0 fully saturated rings. The summed E-state index contributed by atoms with van der Waals surface area (Å²) in [5.41, 5.74) is 0.499. The molecule has 1 N–H and O–H groups in total. The molecule has 0 radical (unpaired) electrons. The molecule has 21 heavy (non-hydrogen) atoms. The predicted octanol–water partition coefficient (Wildman–Crippen LogP) is 1.73. The van der Waals surface area contributed by atoms with Crippen molar-refractivity contribution in [3.8, 4) is 0 Å². The van der Waals surface area contributed by atoms with E-state index in [1.807, 2.05) is 6.92 Å². The maximum Gasteiger partial charge on any atom is 0.335 e. The number of rotatable bonds is 10. The van der Waals surface area contributed by atoms with Crippen molar-refractivity contribution in [2.24, 2.45) is 0 Å². The maximum atomic E-state index is 11.5. The smallest absolute Gasteiger partial charge is 0.335 e. The summed E-state index contributed by atoms with van der Waals surface area (Å²) in [6, 6.07) is 0. The van der Waals surface area contributed by atoms with E-state index in [4.69, 9.17) is 19.3 Å². The first kappa shape index (κ1) is 19.3. The molecule has 6 heteroatoms. The summed E-state index contributed by atoms with van der Waals surface area (Å²) in [5, 5.41) is 9.16. The van der Waals surface area contributed by atoms with Gasteiger partial charge in [0.1, 0.15) is 6.10 Å². The Hall–Kier alpha value is -1.66. The van der Waals surface area contributed by atoms with Gasteiger partial charge in [0.2, 0.25) is 6.29 Å². The third kappa shape index (κ3) is 8.27. The van der Waals surface area contributed by atoms with Gasteiger partial charge in [-0.1, -0.05) is 26.5 Å². The zero-order valence-electron chi connectivity index (χ0n) is 12.9. The molecule has 0 bridgehead atoms. The Bertz CT molecular complexity index is 388. The van der Waals surface area contributed by atoms with Crippen LogP contribution in [0.5, 0.6) is 0 Å². The van der Waals surface area contributed by atoms with Crippen molar-refractivity contribution in [1.82, 2.24) is 0 Å². The Kier molecular flexibility index (Phi) is 9.32. The zero-order chi connectivity index (χ0) is 16.4. The van der Waals surface area contributed by atoms with Crippen LogP contribution in [0, 0.1) is 0 Å². The number of esters is 2. The van der Waals surface area contributed by atoms with E-state index >= 15 is 0 Å². The Morgan fingerprint density at radius 2 is 1.62 bits per heavy atom. The Labute approximate surface area is 125 Å². The van der Waals surface area contributed by atoms with E-state index in [2.05, 4.69) is 13.2 Å². The van der Waals surface area contributed by atoms with Gasteiger partial charge in [0.15, 0.2) is 0 Å². The van der Waals surface area contributed by atoms with Gasteiger partial charge in [0, 0.05) is 17.6 Å². The van der Waals surface area contributed by atoms with E-state index in [1.165, 1.54) is 13.8 Å². The zero-order valence-corrected chi connectivity index (χ0v) is 12.9. The molecule has 120 valence electrons. The second-order valence-corrected chi connectivity index (χ2v) is 4.73. The number of aliphatic hydroxyl groups is 1. The van der Waals surface area contributed by atoms with Crippen LogP contribution in [0.15, 0.2) is 24.3 Å². The molecule has 2 unspecified atom stereocenters. The molecule has 0 aliphatic heterocycles. The van der Waals surface area contributed by atoms with E-state index in [-0.39, 0.29) is 17.8 Å². The molecule has 0 heterocycles. The van der Waals surface area contributed by atoms with Crippen LogP contribution in [0.1, 0.15) is 33.6 Å². The van der Waals surface area contributed by atoms with E-state index in [0.717, 1.165) is 6.42 Å². The summed E-state index contributed by atoms with van der Waals surface area (Å²) in [6.45, 7) is 11.4. The average Bonchev–Trinajstić information content (AvgIpc) is 2.42. The third-order valence-electron chi connectivity index (χ3n) is 2.41. The highest BCUT2D eigenvalue weighted by Crippen LogP contribution is 2.09. The molecule has 0 amide bonds. The summed E-state index contributed by atoms with van der Waals surface area (Å²) in [7, 11) is 0. The minimum atomic E-state index is -0.836. The normalized spacial score (nSPS) is 13.1. The van der Waals surface area contributed by atoms with Crippen LogP contribution in [-0.4, -0.2) is 42.7 Å². The second kappa shape index (κ2) is 10.1. The molecular formula is C15H24O6. The van der Waals surface area contributed by atoms with E-state index in [0.29, 0.717) is 6.42 Å². The monoisotopic (exact) mass is 300 g/mol. The Balaban J connectivity index is 4.43. The summed E-state index contributed by atoms with van der Waals surface area (Å²) < 4.78 is 15.5. The molecule has 0 aromatic carbocycles. The van der Waals surface area contributed by atoms with Crippen molar-refractivity contribution in [1.29, 1.82) is 0 Å². The fourth-order valence-corrected chi connectivity index (χ4v) is 1.22. The molecule has 6 nitrogen and oxygen atoms in total. The van der Waals surface area contributed by atoms with Gasteiger partial charge in [-0.2, -0.15) is 0 Å². The molecule has 0 aromatic rings. The summed E-state index contributed by atoms with van der Waals surface area (Å²) >= 11 is 0. The largest absolute Gasteiger partial charge is 0.454 e. The number of hydrogen-bond acceptors (Lipinski definition) is 6. The highest BCUT2D eigenvalue weighted by atomic mass is 16.7. The van der Waals surface area contributed by atoms with Crippen LogP contribution < -0.4 is 0 Å². The molecule has 0 saturated heterocycles. The van der Waals surface area contributed by atoms with Crippen LogP contribution in [0.3, 0.4) is 0 Å². The van der Waals surface area contributed by atoms with Gasteiger partial charge in [-0.15, -0.1) is 0 Å². The number of ether oxygens (including phenoxy) is 3. The lowest BCUT2D eigenvalue weighted by Gasteiger charge is -2.21. The fraction of sp³-hybridized carbons (Fsp3) is 0.600. The van der Waals surface area contributed by atoms with E-state index < -0.39 is 30.9 Å². The predicted molar refractivity (Wildman–Crippen MR) is 77.3 cm³/mol. The highest BCUT2D eigenvalue weighted by Gasteiger charge is 2.19. The summed E-state index contributed by atoms with van der Waals surface area (Å²) in [4.78, 5) is 22.8. The second-order valence-electron chi connectivity index (χ2n) is 4.73. The first-order valence-corrected chi connectivity index (χ1v) is 6.77. The minimum absolute atomic E-state index is 0.0797. The van der Waals surface area contributed by atoms with Crippen LogP contribution in [0.4, 0.5) is 0 Å². The van der Waals surface area contributed by atoms with Crippen LogP contribution in [0.25, 0.3) is 0 Å². The standard InChI is InChI=1S/C15H24O6/c1-6-7-13(21-15(18)11(4)5)19-9-12(8-16)20-14(17)10(2)3/h12-13,16H,2,4,6-9H2,1,3,5H3. The number of carbonyl (C=O) groups is 2. The first-order valence-electron chi connectivity index (χ1n) is 6.77. The van der Waals surface area contributed by atoms with Crippen molar-refractivity contribution in [2.45, 2.75) is 46.0 Å². The number of carbonyl (C=O) groups excluding carboxylic acids is 2. The molecule has 0 aliphatic rings. The first-order chi connectivity index (χ1) is 9.81. The lowest BCUT2D eigenvalue weighted by molar-refractivity contribution is -0.187. The topological polar surface area (TPSA) is 82.1 Å². The molecule has 2 atom stereocenters. The summed E-state index contributed by atoms with van der Waals surface area (Å²) in [5.74, 6) is -1.16. The molecule has 0 saturated carbocycles. The van der Waals surface area contributed by atoms with Gasteiger partial charge >= 0.3 is 11.9 Å². The van der Waals surface area contributed by atoms with Crippen LogP contribution in [-0.2, 0) is 23.8 Å². The van der Waals surface area contributed by atoms with Crippen molar-refractivity contribution in [2.75, 3.05) is 13.2 Å². The molecule has 0 spiro atoms. The maximum absolute atomic E-state index is 11.5. The lowest BCUT2D eigenvalue weighted by Crippen LogP contribution is -2.31. The van der Waals surface area contributed by atoms with Gasteiger partial charge < -0.3 is 19.3 Å². The van der Waals surface area contributed by atoms with E-state index in [1.54, 1.807) is 0 Å². The highest BCUT2D eigenvalue weighted by molar-refractivity contribution is 5.87. The molecule has 0 aromatic heterocycles. The van der Waals surface area contributed by atoms with Crippen molar-refractivity contribution in [3.63, 3.8) is 0 Å².